The minimum atomic E-state index is -3.61. The Kier molecular flexibility index (Phi) is 11.0. The Morgan fingerprint density at radius 2 is 1.68 bits per heavy atom. The van der Waals surface area contributed by atoms with Crippen LogP contribution in [0.15, 0.2) is 54.6 Å². The molecule has 1 N–H and O–H groups in total. The van der Waals surface area contributed by atoms with Gasteiger partial charge in [0, 0.05) is 25.6 Å². The number of nitrogens with one attached hydrogen (secondary N) is 1. The second-order valence-corrected chi connectivity index (χ2v) is 11.7. The van der Waals surface area contributed by atoms with Crippen molar-refractivity contribution in [1.82, 2.24) is 10.2 Å². The second kappa shape index (κ2) is 14.2. The first-order chi connectivity index (χ1) is 18.2. The predicted molar refractivity (Wildman–Crippen MR) is 151 cm³/mol. The Morgan fingerprint density at radius 3 is 2.32 bits per heavy atom. The lowest BCUT2D eigenvalue weighted by Crippen LogP contribution is -2.51. The molecule has 0 saturated heterocycles. The summed E-state index contributed by atoms with van der Waals surface area (Å²) in [6, 6.07) is 16.2. The molecule has 0 unspecified atom stereocenters. The van der Waals surface area contributed by atoms with Crippen molar-refractivity contribution in [3.8, 4) is 5.75 Å². The molecular formula is C29H41N3O5S. The van der Waals surface area contributed by atoms with Crippen molar-refractivity contribution >= 4 is 27.5 Å². The van der Waals surface area contributed by atoms with E-state index in [2.05, 4.69) is 5.32 Å². The van der Waals surface area contributed by atoms with Crippen molar-refractivity contribution in [3.05, 3.63) is 60.2 Å². The molecule has 208 valence electrons. The molecule has 0 heterocycles. The third kappa shape index (κ3) is 8.21. The lowest BCUT2D eigenvalue weighted by Gasteiger charge is -2.32. The number of carbonyl (C=O) groups excluding carboxylic acids is 2. The number of sulfonamides is 1. The largest absolute Gasteiger partial charge is 0.492 e. The van der Waals surface area contributed by atoms with E-state index in [9.17, 15) is 18.0 Å². The van der Waals surface area contributed by atoms with Crippen LogP contribution in [0.2, 0.25) is 0 Å². The molecule has 1 aliphatic rings. The first-order valence-electron chi connectivity index (χ1n) is 13.6. The number of amides is 2. The van der Waals surface area contributed by atoms with E-state index in [-0.39, 0.29) is 30.8 Å². The maximum atomic E-state index is 13.6. The molecule has 2 aromatic rings. The summed E-state index contributed by atoms with van der Waals surface area (Å²) in [5.74, 6) is 0.188. The highest BCUT2D eigenvalue weighted by Gasteiger charge is 2.31. The van der Waals surface area contributed by atoms with E-state index in [1.807, 2.05) is 44.2 Å². The van der Waals surface area contributed by atoms with Gasteiger partial charge >= 0.3 is 0 Å². The van der Waals surface area contributed by atoms with Crippen molar-refractivity contribution < 1.29 is 22.7 Å². The quantitative estimate of drug-likeness (QED) is 0.379. The average Bonchev–Trinajstić information content (AvgIpc) is 3.40. The molecule has 1 saturated carbocycles. The number of benzene rings is 2. The van der Waals surface area contributed by atoms with Crippen LogP contribution in [0.25, 0.3) is 0 Å². The number of hydrogen-bond donors (Lipinski definition) is 1. The van der Waals surface area contributed by atoms with Gasteiger partial charge in [-0.15, -0.1) is 0 Å². The lowest BCUT2D eigenvalue weighted by atomic mass is 10.1. The molecular weight excluding hydrogens is 502 g/mol. The molecule has 3 rings (SSSR count). The van der Waals surface area contributed by atoms with Crippen LogP contribution in [-0.4, -0.2) is 56.6 Å². The molecule has 0 spiro atoms. The van der Waals surface area contributed by atoms with Gasteiger partial charge in [-0.1, -0.05) is 62.2 Å². The van der Waals surface area contributed by atoms with Crippen molar-refractivity contribution in [2.24, 2.45) is 0 Å². The van der Waals surface area contributed by atoms with Gasteiger partial charge in [0.25, 0.3) is 0 Å². The van der Waals surface area contributed by atoms with Gasteiger partial charge in [0.05, 0.1) is 18.6 Å². The minimum Gasteiger partial charge on any atom is -0.492 e. The third-order valence-corrected chi connectivity index (χ3v) is 8.05. The zero-order valence-electron chi connectivity index (χ0n) is 22.8. The normalized spacial score (nSPS) is 14.6. The van der Waals surface area contributed by atoms with Crippen LogP contribution < -0.4 is 14.4 Å². The van der Waals surface area contributed by atoms with Crippen LogP contribution in [0.5, 0.6) is 5.75 Å². The molecule has 0 radical (unpaired) electrons. The van der Waals surface area contributed by atoms with Crippen LogP contribution in [0.1, 0.15) is 64.4 Å². The molecule has 1 fully saturated rings. The molecule has 1 atom stereocenters. The smallest absolute Gasteiger partial charge is 0.243 e. The highest BCUT2D eigenvalue weighted by molar-refractivity contribution is 7.92. The van der Waals surface area contributed by atoms with E-state index in [0.717, 1.165) is 37.5 Å². The Balaban J connectivity index is 1.75. The summed E-state index contributed by atoms with van der Waals surface area (Å²) in [5, 5.41) is 3.15. The van der Waals surface area contributed by atoms with Crippen molar-refractivity contribution in [2.45, 2.75) is 77.4 Å². The maximum absolute atomic E-state index is 13.6. The van der Waals surface area contributed by atoms with Crippen molar-refractivity contribution in [3.63, 3.8) is 0 Å². The molecule has 8 nitrogen and oxygen atoms in total. The van der Waals surface area contributed by atoms with Crippen LogP contribution in [0.3, 0.4) is 0 Å². The summed E-state index contributed by atoms with van der Waals surface area (Å²) in [5.41, 5.74) is 1.39. The van der Waals surface area contributed by atoms with Crippen LogP contribution in [0, 0.1) is 0 Å². The predicted octanol–water partition coefficient (Wildman–Crippen LogP) is 4.50. The van der Waals surface area contributed by atoms with Crippen molar-refractivity contribution in [2.75, 3.05) is 23.7 Å². The Hall–Kier alpha value is -3.07. The highest BCUT2D eigenvalue weighted by Crippen LogP contribution is 2.30. The molecule has 0 aliphatic heterocycles. The van der Waals surface area contributed by atoms with E-state index in [4.69, 9.17) is 4.74 Å². The number of ether oxygens (including phenoxy) is 1. The number of anilines is 1. The average molecular weight is 544 g/mol. The van der Waals surface area contributed by atoms with Gasteiger partial charge in [-0.25, -0.2) is 8.42 Å². The maximum Gasteiger partial charge on any atom is 0.243 e. The third-order valence-electron chi connectivity index (χ3n) is 6.87. The van der Waals surface area contributed by atoms with E-state index in [1.165, 1.54) is 4.31 Å². The molecule has 0 bridgehead atoms. The van der Waals surface area contributed by atoms with E-state index < -0.39 is 16.1 Å². The minimum absolute atomic E-state index is 0.114. The van der Waals surface area contributed by atoms with Crippen molar-refractivity contribution in [1.29, 1.82) is 0 Å². The summed E-state index contributed by atoms with van der Waals surface area (Å²) in [4.78, 5) is 28.5. The monoisotopic (exact) mass is 543 g/mol. The van der Waals surface area contributed by atoms with Crippen LogP contribution in [0.4, 0.5) is 5.69 Å². The van der Waals surface area contributed by atoms with Gasteiger partial charge in [-0.3, -0.25) is 13.9 Å². The molecule has 0 aromatic heterocycles. The Morgan fingerprint density at radius 1 is 1.03 bits per heavy atom. The fourth-order valence-electron chi connectivity index (χ4n) is 4.99. The van der Waals surface area contributed by atoms with Gasteiger partial charge in [-0.2, -0.15) is 0 Å². The van der Waals surface area contributed by atoms with E-state index >= 15 is 0 Å². The Labute approximate surface area is 227 Å². The topological polar surface area (TPSA) is 96.0 Å². The van der Waals surface area contributed by atoms with Crippen LogP contribution in [-0.2, 0) is 26.2 Å². The summed E-state index contributed by atoms with van der Waals surface area (Å²) in [6.45, 7) is 4.61. The van der Waals surface area contributed by atoms with Gasteiger partial charge in [-0.05, 0) is 50.3 Å². The molecule has 2 amide bonds. The van der Waals surface area contributed by atoms with Crippen LogP contribution >= 0.6 is 0 Å². The molecule has 1 aliphatic carbocycles. The molecule has 2 aromatic carbocycles. The first-order valence-corrected chi connectivity index (χ1v) is 15.4. The number of carbonyl (C=O) groups is 2. The summed E-state index contributed by atoms with van der Waals surface area (Å²) in [6.07, 6.45) is 6.23. The zero-order chi connectivity index (χ0) is 27.5. The lowest BCUT2D eigenvalue weighted by molar-refractivity contribution is -0.141. The number of hydrogen-bond acceptors (Lipinski definition) is 5. The standard InChI is InChI=1S/C29H41N3O5S/c1-4-25(29(34)30-24-16-9-10-17-24)31(22-23-14-7-6-8-15-23)28(33)20-13-21-32(38(3,35)36)26-18-11-12-19-27(26)37-5-2/h6-8,11-12,14-15,18-19,24-25H,4-5,9-10,13,16-17,20-22H2,1-3H3,(H,30,34)/t25-/m0/s1. The number of nitrogens with zero attached hydrogens (tertiary/aromatic N) is 2. The molecule has 38 heavy (non-hydrogen) atoms. The van der Waals surface area contributed by atoms with Gasteiger partial charge in [0.1, 0.15) is 11.8 Å². The summed E-state index contributed by atoms with van der Waals surface area (Å²) >= 11 is 0. The Bertz CT molecular complexity index is 1150. The number of para-hydroxylation sites is 2. The second-order valence-electron chi connectivity index (χ2n) is 9.76. The van der Waals surface area contributed by atoms with Gasteiger partial charge in [0.2, 0.25) is 21.8 Å². The highest BCUT2D eigenvalue weighted by atomic mass is 32.2. The summed E-state index contributed by atoms with van der Waals surface area (Å²) < 4.78 is 32.3. The fraction of sp³-hybridized carbons (Fsp3) is 0.517. The molecule has 9 heteroatoms. The zero-order valence-corrected chi connectivity index (χ0v) is 23.6. The van der Waals surface area contributed by atoms with E-state index in [0.29, 0.717) is 37.4 Å². The first kappa shape index (κ1) is 29.5. The number of rotatable bonds is 14. The fourth-order valence-corrected chi connectivity index (χ4v) is 5.96. The van der Waals surface area contributed by atoms with Gasteiger partial charge in [0.15, 0.2) is 0 Å². The van der Waals surface area contributed by atoms with Gasteiger partial charge < -0.3 is 15.0 Å². The van der Waals surface area contributed by atoms with E-state index in [1.54, 1.807) is 29.2 Å². The summed E-state index contributed by atoms with van der Waals surface area (Å²) in [7, 11) is -3.61. The SMILES string of the molecule is CCOc1ccccc1N(CCCC(=O)N(Cc1ccccc1)[C@@H](CC)C(=O)NC1CCCC1)S(C)(=O)=O.